The maximum atomic E-state index is 12.5. The number of benzene rings is 2. The van der Waals surface area contributed by atoms with E-state index in [1.807, 2.05) is 24.3 Å². The number of hydrogen-bond donors (Lipinski definition) is 2. The molecule has 2 aromatic carbocycles. The summed E-state index contributed by atoms with van der Waals surface area (Å²) in [6.45, 7) is 2.53. The molecule has 0 aliphatic carbocycles. The number of nitro groups is 1. The second-order valence-electron chi connectivity index (χ2n) is 6.01. The van der Waals surface area contributed by atoms with Gasteiger partial charge in [-0.1, -0.05) is 30.3 Å². The summed E-state index contributed by atoms with van der Waals surface area (Å²) in [5.74, 6) is 0. The van der Waals surface area contributed by atoms with Crippen molar-refractivity contribution in [2.45, 2.75) is 24.3 Å². The molecule has 1 unspecified atom stereocenters. The molecule has 0 saturated heterocycles. The molecule has 1 heterocycles. The number of aryl methyl sites for hydroxylation is 1. The molecular formula is C17H20ClN3O4S. The van der Waals surface area contributed by atoms with Gasteiger partial charge in [0.15, 0.2) is 0 Å². The molecule has 0 aromatic heterocycles. The summed E-state index contributed by atoms with van der Waals surface area (Å²) in [5.41, 5.74) is 2.50. The minimum atomic E-state index is -3.83. The highest BCUT2D eigenvalue weighted by Crippen LogP contribution is 2.24. The van der Waals surface area contributed by atoms with Gasteiger partial charge in [0.2, 0.25) is 10.0 Å². The van der Waals surface area contributed by atoms with Crippen LogP contribution in [0.25, 0.3) is 0 Å². The number of fused-ring (bicyclic) bond motifs is 1. The predicted molar refractivity (Wildman–Crippen MR) is 101 cm³/mol. The molecule has 3 rings (SSSR count). The van der Waals surface area contributed by atoms with Crippen molar-refractivity contribution >= 4 is 28.1 Å². The predicted octanol–water partition coefficient (Wildman–Crippen LogP) is 2.49. The van der Waals surface area contributed by atoms with Crippen molar-refractivity contribution in [1.29, 1.82) is 0 Å². The molecule has 9 heteroatoms. The maximum absolute atomic E-state index is 12.5. The third-order valence-corrected chi connectivity index (χ3v) is 5.80. The van der Waals surface area contributed by atoms with Crippen molar-refractivity contribution in [2.24, 2.45) is 0 Å². The van der Waals surface area contributed by atoms with Gasteiger partial charge in [-0.05, 0) is 37.1 Å². The van der Waals surface area contributed by atoms with Crippen molar-refractivity contribution in [2.75, 3.05) is 13.1 Å². The number of nitrogens with zero attached hydrogens (tertiary/aromatic N) is 1. The van der Waals surface area contributed by atoms with Crippen LogP contribution in [0.2, 0.25) is 0 Å². The maximum Gasteiger partial charge on any atom is 0.273 e. The standard InChI is InChI=1S/C17H19N3O4S.ClH/c1-12-6-7-14(10-17(12)20(21)22)25(23,24)19-11-16-15-5-3-2-4-13(15)8-9-18-16;/h2-7,10,16,18-19H,8-9,11H2,1H3;1H. The van der Waals surface area contributed by atoms with E-state index in [0.29, 0.717) is 5.56 Å². The lowest BCUT2D eigenvalue weighted by Crippen LogP contribution is -2.38. The van der Waals surface area contributed by atoms with Crippen LogP contribution < -0.4 is 10.0 Å². The fraction of sp³-hybridized carbons (Fsp3) is 0.294. The highest BCUT2D eigenvalue weighted by Gasteiger charge is 2.24. The fourth-order valence-corrected chi connectivity index (χ4v) is 4.07. The number of hydrogen-bond acceptors (Lipinski definition) is 5. The van der Waals surface area contributed by atoms with Crippen molar-refractivity contribution in [1.82, 2.24) is 10.0 Å². The molecule has 7 nitrogen and oxygen atoms in total. The van der Waals surface area contributed by atoms with Gasteiger partial charge in [0.25, 0.3) is 5.69 Å². The van der Waals surface area contributed by atoms with Crippen molar-refractivity contribution in [3.05, 3.63) is 69.3 Å². The third kappa shape index (κ3) is 4.21. The lowest BCUT2D eigenvalue weighted by atomic mass is 9.95. The molecule has 0 fully saturated rings. The summed E-state index contributed by atoms with van der Waals surface area (Å²) in [6, 6.07) is 11.7. The van der Waals surface area contributed by atoms with E-state index in [4.69, 9.17) is 0 Å². The first-order valence-corrected chi connectivity index (χ1v) is 9.43. The molecule has 1 aliphatic rings. The van der Waals surface area contributed by atoms with Crippen LogP contribution in [-0.4, -0.2) is 26.4 Å². The SMILES string of the molecule is Cc1ccc(S(=O)(=O)NCC2NCCc3ccccc32)cc1[N+](=O)[O-].Cl. The Morgan fingerprint density at radius 3 is 2.73 bits per heavy atom. The van der Waals surface area contributed by atoms with E-state index in [2.05, 4.69) is 10.0 Å². The quantitative estimate of drug-likeness (QED) is 0.596. The zero-order chi connectivity index (χ0) is 18.0. The molecule has 140 valence electrons. The van der Waals surface area contributed by atoms with E-state index < -0.39 is 14.9 Å². The Kier molecular flexibility index (Phi) is 6.35. The van der Waals surface area contributed by atoms with Crippen LogP contribution in [0, 0.1) is 17.0 Å². The summed E-state index contributed by atoms with van der Waals surface area (Å²) in [6.07, 6.45) is 0.906. The van der Waals surface area contributed by atoms with Crippen molar-refractivity contribution in [3.8, 4) is 0 Å². The summed E-state index contributed by atoms with van der Waals surface area (Å²) in [5, 5.41) is 14.3. The topological polar surface area (TPSA) is 101 Å². The van der Waals surface area contributed by atoms with Crippen LogP contribution in [0.3, 0.4) is 0 Å². The van der Waals surface area contributed by atoms with Gasteiger partial charge in [0.1, 0.15) is 0 Å². The summed E-state index contributed by atoms with van der Waals surface area (Å²) >= 11 is 0. The molecule has 0 saturated carbocycles. The normalized spacial score (nSPS) is 16.4. The van der Waals surface area contributed by atoms with Crippen LogP contribution in [0.4, 0.5) is 5.69 Å². The molecule has 0 bridgehead atoms. The molecule has 0 spiro atoms. The fourth-order valence-electron chi connectivity index (χ4n) is 3.00. The van der Waals surface area contributed by atoms with Gasteiger partial charge in [0, 0.05) is 24.2 Å². The van der Waals surface area contributed by atoms with Crippen LogP contribution in [0.5, 0.6) is 0 Å². The Morgan fingerprint density at radius 1 is 1.27 bits per heavy atom. The third-order valence-electron chi connectivity index (χ3n) is 4.38. The number of halogens is 1. The highest BCUT2D eigenvalue weighted by atomic mass is 35.5. The summed E-state index contributed by atoms with van der Waals surface area (Å²) in [7, 11) is -3.83. The summed E-state index contributed by atoms with van der Waals surface area (Å²) < 4.78 is 27.6. The van der Waals surface area contributed by atoms with E-state index in [9.17, 15) is 18.5 Å². The largest absolute Gasteiger partial charge is 0.308 e. The molecule has 0 radical (unpaired) electrons. The van der Waals surface area contributed by atoms with E-state index >= 15 is 0 Å². The first-order chi connectivity index (χ1) is 11.9. The number of nitro benzene ring substituents is 1. The van der Waals surface area contributed by atoms with Gasteiger partial charge < -0.3 is 5.32 Å². The second-order valence-corrected chi connectivity index (χ2v) is 7.78. The molecule has 0 amide bonds. The molecule has 2 N–H and O–H groups in total. The van der Waals surface area contributed by atoms with Gasteiger partial charge in [0.05, 0.1) is 9.82 Å². The minimum absolute atomic E-state index is 0. The number of rotatable bonds is 5. The van der Waals surface area contributed by atoms with Gasteiger partial charge in [-0.25, -0.2) is 13.1 Å². The summed E-state index contributed by atoms with van der Waals surface area (Å²) in [4.78, 5) is 10.3. The molecule has 1 aliphatic heterocycles. The van der Waals surface area contributed by atoms with Crippen LogP contribution in [-0.2, 0) is 16.4 Å². The zero-order valence-corrected chi connectivity index (χ0v) is 15.8. The lowest BCUT2D eigenvalue weighted by Gasteiger charge is -2.27. The molecule has 26 heavy (non-hydrogen) atoms. The van der Waals surface area contributed by atoms with Crippen molar-refractivity contribution < 1.29 is 13.3 Å². The monoisotopic (exact) mass is 397 g/mol. The number of nitrogens with one attached hydrogen (secondary N) is 2. The zero-order valence-electron chi connectivity index (χ0n) is 14.1. The van der Waals surface area contributed by atoms with Gasteiger partial charge in [-0.3, -0.25) is 10.1 Å². The Labute approximate surface area is 158 Å². The molecule has 1 atom stereocenters. The van der Waals surface area contributed by atoms with E-state index in [1.54, 1.807) is 6.92 Å². The Morgan fingerprint density at radius 2 is 2.00 bits per heavy atom. The van der Waals surface area contributed by atoms with Crippen molar-refractivity contribution in [3.63, 3.8) is 0 Å². The van der Waals surface area contributed by atoms with Crippen LogP contribution in [0.15, 0.2) is 47.4 Å². The average molecular weight is 398 g/mol. The smallest absolute Gasteiger partial charge is 0.273 e. The van der Waals surface area contributed by atoms with Gasteiger partial charge in [-0.2, -0.15) is 0 Å². The second kappa shape index (κ2) is 8.13. The Bertz CT molecular complexity index is 918. The van der Waals surface area contributed by atoms with E-state index in [0.717, 1.165) is 24.6 Å². The minimum Gasteiger partial charge on any atom is -0.308 e. The number of sulfonamides is 1. The Balaban J connectivity index is 0.00000243. The van der Waals surface area contributed by atoms with E-state index in [1.165, 1.54) is 17.7 Å². The molecular weight excluding hydrogens is 378 g/mol. The van der Waals surface area contributed by atoms with Crippen LogP contribution >= 0.6 is 12.4 Å². The molecule has 2 aromatic rings. The lowest BCUT2D eigenvalue weighted by molar-refractivity contribution is -0.385. The first-order valence-electron chi connectivity index (χ1n) is 7.94. The first kappa shape index (κ1) is 20.3. The van der Waals surface area contributed by atoms with Crippen LogP contribution in [0.1, 0.15) is 22.7 Å². The van der Waals surface area contributed by atoms with E-state index in [-0.39, 0.29) is 35.6 Å². The average Bonchev–Trinajstić information content (AvgIpc) is 2.60. The highest BCUT2D eigenvalue weighted by molar-refractivity contribution is 7.89. The van der Waals surface area contributed by atoms with Gasteiger partial charge >= 0.3 is 0 Å². The Hall–Kier alpha value is -2.00. The van der Waals surface area contributed by atoms with Gasteiger partial charge in [-0.15, -0.1) is 12.4 Å².